The average molecular weight is 431 g/mol. The van der Waals surface area contributed by atoms with Crippen LogP contribution in [0.1, 0.15) is 5.56 Å². The molecule has 0 unspecified atom stereocenters. The molecule has 0 saturated carbocycles. The fraction of sp³-hybridized carbons (Fsp3) is 0.238. The Bertz CT molecular complexity index is 1220. The van der Waals surface area contributed by atoms with E-state index in [4.69, 9.17) is 0 Å². The molecule has 1 saturated heterocycles. The molecule has 1 heterocycles. The molecule has 0 aliphatic carbocycles. The third kappa shape index (κ3) is 4.20. The first-order valence-corrected chi connectivity index (χ1v) is 12.4. The summed E-state index contributed by atoms with van der Waals surface area (Å²) >= 11 is 0. The number of benzene rings is 3. The van der Waals surface area contributed by atoms with E-state index in [1.807, 2.05) is 30.3 Å². The second kappa shape index (κ2) is 7.87. The minimum Gasteiger partial charge on any atom is -0.212 e. The van der Waals surface area contributed by atoms with E-state index in [2.05, 4.69) is 0 Å². The molecule has 6 nitrogen and oxygen atoms in total. The topological polar surface area (TPSA) is 74.8 Å². The van der Waals surface area contributed by atoms with E-state index < -0.39 is 20.0 Å². The summed E-state index contributed by atoms with van der Waals surface area (Å²) in [5, 5.41) is 1.83. The Morgan fingerprint density at radius 2 is 1.24 bits per heavy atom. The number of hydrogen-bond donors (Lipinski definition) is 0. The van der Waals surface area contributed by atoms with Crippen LogP contribution in [0.2, 0.25) is 0 Å². The van der Waals surface area contributed by atoms with Crippen molar-refractivity contribution >= 4 is 30.8 Å². The molecule has 29 heavy (non-hydrogen) atoms. The van der Waals surface area contributed by atoms with Gasteiger partial charge < -0.3 is 0 Å². The van der Waals surface area contributed by atoms with Gasteiger partial charge in [0.25, 0.3) is 0 Å². The molecule has 1 fully saturated rings. The summed E-state index contributed by atoms with van der Waals surface area (Å²) in [6.07, 6.45) is 0. The maximum atomic E-state index is 13.0. The average Bonchev–Trinajstić information content (AvgIpc) is 2.74. The lowest BCUT2D eigenvalue weighted by Gasteiger charge is -2.33. The van der Waals surface area contributed by atoms with Gasteiger partial charge in [0.1, 0.15) is 0 Å². The first kappa shape index (κ1) is 20.0. The Balaban J connectivity index is 1.48. The van der Waals surface area contributed by atoms with Gasteiger partial charge in [-0.3, -0.25) is 0 Å². The van der Waals surface area contributed by atoms with Crippen LogP contribution in [0.4, 0.5) is 0 Å². The van der Waals surface area contributed by atoms with Crippen LogP contribution in [0.3, 0.4) is 0 Å². The van der Waals surface area contributed by atoms with Crippen LogP contribution in [0, 0.1) is 0 Å². The van der Waals surface area contributed by atoms with Crippen LogP contribution in [0.15, 0.2) is 77.7 Å². The van der Waals surface area contributed by atoms with Crippen molar-refractivity contribution in [2.45, 2.75) is 10.6 Å². The number of nitrogens with zero attached hydrogens (tertiary/aromatic N) is 2. The van der Waals surface area contributed by atoms with Gasteiger partial charge in [-0.05, 0) is 28.5 Å². The van der Waals surface area contributed by atoms with Crippen LogP contribution in [0.5, 0.6) is 0 Å². The normalized spacial score (nSPS) is 16.8. The predicted molar refractivity (Wildman–Crippen MR) is 113 cm³/mol. The third-order valence-corrected chi connectivity index (χ3v) is 8.89. The SMILES string of the molecule is O=S(=O)(Cc1ccccc1)N1CCN(S(=O)(=O)c2ccc3ccccc3c2)CC1. The molecule has 8 heteroatoms. The first-order chi connectivity index (χ1) is 13.9. The van der Waals surface area contributed by atoms with Gasteiger partial charge in [-0.1, -0.05) is 60.7 Å². The van der Waals surface area contributed by atoms with Crippen molar-refractivity contribution < 1.29 is 16.8 Å². The van der Waals surface area contributed by atoms with Crippen LogP contribution in [0.25, 0.3) is 10.8 Å². The fourth-order valence-corrected chi connectivity index (χ4v) is 6.52. The van der Waals surface area contributed by atoms with E-state index in [0.717, 1.165) is 16.3 Å². The maximum Gasteiger partial charge on any atom is 0.243 e. The second-order valence-corrected chi connectivity index (χ2v) is 11.0. The zero-order chi connectivity index (χ0) is 20.5. The highest BCUT2D eigenvalue weighted by atomic mass is 32.2. The molecular formula is C21H22N2O4S2. The van der Waals surface area contributed by atoms with E-state index in [9.17, 15) is 16.8 Å². The van der Waals surface area contributed by atoms with Crippen LogP contribution in [-0.2, 0) is 25.8 Å². The third-order valence-electron chi connectivity index (χ3n) is 5.14. The standard InChI is InChI=1S/C21H22N2O4S2/c24-28(25,17-18-6-2-1-3-7-18)22-12-14-23(15-13-22)29(26,27)21-11-10-19-8-4-5-9-20(19)16-21/h1-11,16H,12-15,17H2. The molecule has 0 N–H and O–H groups in total. The molecule has 0 amide bonds. The Labute approximate surface area is 171 Å². The van der Waals surface area contributed by atoms with Crippen molar-refractivity contribution in [2.24, 2.45) is 0 Å². The van der Waals surface area contributed by atoms with E-state index in [-0.39, 0.29) is 36.8 Å². The number of fused-ring (bicyclic) bond motifs is 1. The van der Waals surface area contributed by atoms with Crippen LogP contribution >= 0.6 is 0 Å². The van der Waals surface area contributed by atoms with Gasteiger partial charge in [-0.2, -0.15) is 8.61 Å². The Kier molecular flexibility index (Phi) is 5.44. The van der Waals surface area contributed by atoms with Gasteiger partial charge in [0.15, 0.2) is 0 Å². The largest absolute Gasteiger partial charge is 0.243 e. The maximum absolute atomic E-state index is 13.0. The molecule has 0 bridgehead atoms. The molecule has 0 radical (unpaired) electrons. The number of sulfonamides is 2. The zero-order valence-corrected chi connectivity index (χ0v) is 17.4. The highest BCUT2D eigenvalue weighted by molar-refractivity contribution is 7.89. The quantitative estimate of drug-likeness (QED) is 0.624. The molecule has 1 aliphatic heterocycles. The summed E-state index contributed by atoms with van der Waals surface area (Å²) in [4.78, 5) is 0.233. The molecule has 3 aromatic rings. The number of rotatable bonds is 5. The molecule has 1 aliphatic rings. The smallest absolute Gasteiger partial charge is 0.212 e. The summed E-state index contributed by atoms with van der Waals surface area (Å²) < 4.78 is 54.2. The Morgan fingerprint density at radius 3 is 1.93 bits per heavy atom. The van der Waals surface area contributed by atoms with Gasteiger partial charge in [-0.15, -0.1) is 0 Å². The van der Waals surface area contributed by atoms with E-state index in [0.29, 0.717) is 0 Å². The molecule has 0 atom stereocenters. The molecule has 4 rings (SSSR count). The van der Waals surface area contributed by atoms with E-state index >= 15 is 0 Å². The summed E-state index contributed by atoms with van der Waals surface area (Å²) in [6, 6.07) is 21.7. The summed E-state index contributed by atoms with van der Waals surface area (Å²) in [5.41, 5.74) is 0.721. The monoisotopic (exact) mass is 430 g/mol. The number of piperazine rings is 1. The van der Waals surface area contributed by atoms with Gasteiger partial charge in [-0.25, -0.2) is 16.8 Å². The summed E-state index contributed by atoms with van der Waals surface area (Å²) in [7, 11) is -7.16. The van der Waals surface area contributed by atoms with Gasteiger partial charge >= 0.3 is 0 Å². The fourth-order valence-electron chi connectivity index (χ4n) is 3.54. The molecule has 0 spiro atoms. The Morgan fingerprint density at radius 1 is 0.655 bits per heavy atom. The highest BCUT2D eigenvalue weighted by Gasteiger charge is 2.33. The van der Waals surface area contributed by atoms with Crippen molar-refractivity contribution in [1.29, 1.82) is 0 Å². The molecule has 152 valence electrons. The zero-order valence-electron chi connectivity index (χ0n) is 15.8. The van der Waals surface area contributed by atoms with Gasteiger partial charge in [0, 0.05) is 26.2 Å². The van der Waals surface area contributed by atoms with Gasteiger partial charge in [0.2, 0.25) is 20.0 Å². The lowest BCUT2D eigenvalue weighted by molar-refractivity contribution is 0.272. The molecular weight excluding hydrogens is 408 g/mol. The predicted octanol–water partition coefficient (Wildman–Crippen LogP) is 2.68. The van der Waals surface area contributed by atoms with E-state index in [1.165, 1.54) is 8.61 Å². The van der Waals surface area contributed by atoms with Crippen LogP contribution in [-0.4, -0.2) is 51.6 Å². The van der Waals surface area contributed by atoms with Crippen molar-refractivity contribution in [3.8, 4) is 0 Å². The minimum atomic E-state index is -3.67. The van der Waals surface area contributed by atoms with Crippen molar-refractivity contribution in [3.05, 3.63) is 78.4 Å². The second-order valence-electron chi connectivity index (χ2n) is 7.05. The number of hydrogen-bond acceptors (Lipinski definition) is 4. The van der Waals surface area contributed by atoms with Crippen molar-refractivity contribution in [2.75, 3.05) is 26.2 Å². The minimum absolute atomic E-state index is 0.0781. The lowest BCUT2D eigenvalue weighted by atomic mass is 10.1. The summed E-state index contributed by atoms with van der Waals surface area (Å²) in [5.74, 6) is -0.0781. The Hall–Kier alpha value is -2.26. The molecule has 3 aromatic carbocycles. The first-order valence-electron chi connectivity index (χ1n) is 9.37. The lowest BCUT2D eigenvalue weighted by Crippen LogP contribution is -2.50. The summed E-state index contributed by atoms with van der Waals surface area (Å²) in [6.45, 7) is 0.594. The van der Waals surface area contributed by atoms with Crippen molar-refractivity contribution in [1.82, 2.24) is 8.61 Å². The van der Waals surface area contributed by atoms with Crippen LogP contribution < -0.4 is 0 Å². The molecule has 0 aromatic heterocycles. The van der Waals surface area contributed by atoms with Crippen molar-refractivity contribution in [3.63, 3.8) is 0 Å². The van der Waals surface area contributed by atoms with Gasteiger partial charge in [0.05, 0.1) is 10.6 Å². The van der Waals surface area contributed by atoms with E-state index in [1.54, 1.807) is 42.5 Å². The highest BCUT2D eigenvalue weighted by Crippen LogP contribution is 2.23.